The number of benzene rings is 1. The second kappa shape index (κ2) is 15.3. The van der Waals surface area contributed by atoms with Gasteiger partial charge in [0.05, 0.1) is 12.5 Å². The van der Waals surface area contributed by atoms with Gasteiger partial charge in [-0.15, -0.1) is 0 Å². The third-order valence-electron chi connectivity index (χ3n) is 5.87. The summed E-state index contributed by atoms with van der Waals surface area (Å²) in [5.74, 6) is -4.95. The lowest BCUT2D eigenvalue weighted by atomic mass is 10.0. The van der Waals surface area contributed by atoms with E-state index in [4.69, 9.17) is 22.9 Å². The minimum absolute atomic E-state index is 0.0280. The predicted octanol–water partition coefficient (Wildman–Crippen LogP) is -2.56. The van der Waals surface area contributed by atoms with E-state index in [1.165, 1.54) is 0 Å². The van der Waals surface area contributed by atoms with E-state index in [0.717, 1.165) is 10.9 Å². The Labute approximate surface area is 235 Å². The number of carboxylic acids is 1. The third kappa shape index (κ3) is 9.77. The lowest BCUT2D eigenvalue weighted by molar-refractivity contribution is -0.142. The second-order valence-corrected chi connectivity index (χ2v) is 9.36. The van der Waals surface area contributed by atoms with Gasteiger partial charge in [0.2, 0.25) is 23.6 Å². The van der Waals surface area contributed by atoms with Gasteiger partial charge < -0.3 is 49.0 Å². The average molecular weight is 578 g/mol. The molecule has 4 unspecified atom stereocenters. The number of thiol groups is 1. The van der Waals surface area contributed by atoms with E-state index < -0.39 is 60.2 Å². The number of aromatic nitrogens is 1. The monoisotopic (exact) mass is 577 g/mol. The maximum atomic E-state index is 12.9. The molecule has 0 fully saturated rings. The Balaban J connectivity index is 2.04. The lowest BCUT2D eigenvalue weighted by Crippen LogP contribution is -2.58. The van der Waals surface area contributed by atoms with Crippen LogP contribution in [0, 0.1) is 0 Å². The maximum absolute atomic E-state index is 12.9. The highest BCUT2D eigenvalue weighted by molar-refractivity contribution is 7.80. The van der Waals surface area contributed by atoms with Crippen LogP contribution in [0.4, 0.5) is 0 Å². The summed E-state index contributed by atoms with van der Waals surface area (Å²) in [5.41, 5.74) is 23.1. The molecule has 1 aromatic carbocycles. The summed E-state index contributed by atoms with van der Waals surface area (Å²) in [7, 11) is 0. The standard InChI is InChI=1S/C24H35N9O6S/c25-14(5-3-7-29-24(27)28)20(35)31-16(9-19(26)34)21(36)33-18(11-40)22(37)32-17(23(38)39)8-12-10-30-15-6-2-1-4-13(12)15/h1-2,4,6,10,14,16-18,30,40H,3,5,7-9,11,25H2,(H2,26,34)(H,31,35)(H,32,37)(H,33,36)(H,38,39)(H4,27,28,29). The van der Waals surface area contributed by atoms with Crippen LogP contribution in [0.3, 0.4) is 0 Å². The molecule has 15 nitrogen and oxygen atoms in total. The molecule has 1 heterocycles. The highest BCUT2D eigenvalue weighted by Crippen LogP contribution is 2.19. The van der Waals surface area contributed by atoms with Crippen molar-refractivity contribution in [2.45, 2.75) is 49.9 Å². The third-order valence-corrected chi connectivity index (χ3v) is 6.24. The zero-order valence-corrected chi connectivity index (χ0v) is 22.5. The smallest absolute Gasteiger partial charge is 0.326 e. The van der Waals surface area contributed by atoms with Gasteiger partial charge >= 0.3 is 5.97 Å². The molecule has 0 radical (unpaired) electrons. The first-order valence-corrected chi connectivity index (χ1v) is 12.9. The van der Waals surface area contributed by atoms with Crippen molar-refractivity contribution in [1.29, 1.82) is 0 Å². The van der Waals surface area contributed by atoms with Crippen molar-refractivity contribution in [1.82, 2.24) is 20.9 Å². The average Bonchev–Trinajstić information content (AvgIpc) is 3.30. The number of nitrogens with one attached hydrogen (secondary N) is 4. The Hall–Kier alpha value is -4.31. The fourth-order valence-corrected chi connectivity index (χ4v) is 4.06. The number of nitrogens with zero attached hydrogens (tertiary/aromatic N) is 1. The molecule has 13 N–H and O–H groups in total. The van der Waals surface area contributed by atoms with Crippen molar-refractivity contribution in [2.24, 2.45) is 27.9 Å². The number of nitrogens with two attached hydrogens (primary N) is 4. The largest absolute Gasteiger partial charge is 0.480 e. The fraction of sp³-hybridized carbons (Fsp3) is 0.417. The first kappa shape index (κ1) is 31.9. The molecule has 40 heavy (non-hydrogen) atoms. The van der Waals surface area contributed by atoms with Gasteiger partial charge in [-0.2, -0.15) is 12.6 Å². The molecule has 0 saturated heterocycles. The molecule has 2 rings (SSSR count). The highest BCUT2D eigenvalue weighted by Gasteiger charge is 2.31. The maximum Gasteiger partial charge on any atom is 0.326 e. The summed E-state index contributed by atoms with van der Waals surface area (Å²) in [6.45, 7) is 0.241. The van der Waals surface area contributed by atoms with Crippen molar-refractivity contribution < 1.29 is 29.1 Å². The number of carbonyl (C=O) groups is 5. The SMILES string of the molecule is NC(=O)CC(NC(=O)C(N)CCCN=C(N)N)C(=O)NC(CS)C(=O)NC(Cc1c[nH]c2ccccc12)C(=O)O. The predicted molar refractivity (Wildman–Crippen MR) is 151 cm³/mol. The van der Waals surface area contributed by atoms with Crippen molar-refractivity contribution in [3.63, 3.8) is 0 Å². The number of fused-ring (bicyclic) bond motifs is 1. The molecule has 0 saturated carbocycles. The normalized spacial score (nSPS) is 13.8. The molecule has 2 aromatic rings. The van der Waals surface area contributed by atoms with Crippen LogP contribution in [-0.2, 0) is 30.4 Å². The Morgan fingerprint density at radius 1 is 0.950 bits per heavy atom. The van der Waals surface area contributed by atoms with Crippen LogP contribution >= 0.6 is 12.6 Å². The molecule has 0 bridgehead atoms. The number of H-pyrrole nitrogens is 1. The first-order valence-electron chi connectivity index (χ1n) is 12.3. The van der Waals surface area contributed by atoms with Crippen molar-refractivity contribution in [3.05, 3.63) is 36.0 Å². The Morgan fingerprint density at radius 3 is 2.20 bits per heavy atom. The van der Waals surface area contributed by atoms with Gasteiger partial charge in [-0.1, -0.05) is 18.2 Å². The first-order chi connectivity index (χ1) is 18.9. The summed E-state index contributed by atoms with van der Waals surface area (Å²) in [4.78, 5) is 68.6. The molecule has 4 atom stereocenters. The summed E-state index contributed by atoms with van der Waals surface area (Å²) in [5, 5.41) is 17.7. The minimum atomic E-state index is -1.44. The van der Waals surface area contributed by atoms with Crippen LogP contribution in [0.1, 0.15) is 24.8 Å². The number of guanidine groups is 1. The van der Waals surface area contributed by atoms with Crippen molar-refractivity contribution >= 4 is 59.1 Å². The Kier molecular flexibility index (Phi) is 12.2. The summed E-state index contributed by atoms with van der Waals surface area (Å²) < 4.78 is 0. The molecule has 16 heteroatoms. The van der Waals surface area contributed by atoms with Crippen LogP contribution in [0.2, 0.25) is 0 Å². The molecular weight excluding hydrogens is 542 g/mol. The minimum Gasteiger partial charge on any atom is -0.480 e. The van der Waals surface area contributed by atoms with Crippen molar-refractivity contribution in [2.75, 3.05) is 12.3 Å². The number of aliphatic imine (C=N–C) groups is 1. The van der Waals surface area contributed by atoms with Gasteiger partial charge in [-0.25, -0.2) is 4.79 Å². The zero-order valence-electron chi connectivity index (χ0n) is 21.6. The molecular formula is C24H35N9O6S. The van der Waals surface area contributed by atoms with E-state index in [1.54, 1.807) is 12.3 Å². The van der Waals surface area contributed by atoms with E-state index in [9.17, 15) is 29.1 Å². The molecule has 0 aliphatic rings. The number of rotatable bonds is 16. The number of para-hydroxylation sites is 1. The molecule has 0 spiro atoms. The van der Waals surface area contributed by atoms with Crippen LogP contribution < -0.4 is 38.9 Å². The van der Waals surface area contributed by atoms with Crippen molar-refractivity contribution in [3.8, 4) is 0 Å². The number of primary amides is 1. The number of hydrogen-bond acceptors (Lipinski definition) is 8. The molecule has 218 valence electrons. The van der Waals surface area contributed by atoms with Gasteiger partial charge in [0.15, 0.2) is 5.96 Å². The van der Waals surface area contributed by atoms with Gasteiger partial charge in [0.1, 0.15) is 18.1 Å². The quantitative estimate of drug-likeness (QED) is 0.0434. The number of carboxylic acid groups (broad SMARTS) is 1. The van der Waals surface area contributed by atoms with Crippen LogP contribution in [0.5, 0.6) is 0 Å². The van der Waals surface area contributed by atoms with E-state index in [1.807, 2.05) is 18.2 Å². The molecule has 4 amide bonds. The zero-order chi connectivity index (χ0) is 29.8. The van der Waals surface area contributed by atoms with Gasteiger partial charge in [0, 0.05) is 35.8 Å². The van der Waals surface area contributed by atoms with E-state index in [0.29, 0.717) is 12.0 Å². The van der Waals surface area contributed by atoms with E-state index in [2.05, 4.69) is 38.6 Å². The fourth-order valence-electron chi connectivity index (χ4n) is 3.80. The molecule has 0 aliphatic heterocycles. The summed E-state index contributed by atoms with van der Waals surface area (Å²) in [6, 6.07) is 2.21. The highest BCUT2D eigenvalue weighted by atomic mass is 32.1. The van der Waals surface area contributed by atoms with E-state index >= 15 is 0 Å². The summed E-state index contributed by atoms with van der Waals surface area (Å²) in [6.07, 6.45) is 1.62. The number of hydrogen-bond donors (Lipinski definition) is 10. The van der Waals surface area contributed by atoms with E-state index in [-0.39, 0.29) is 31.1 Å². The van der Waals surface area contributed by atoms with Crippen LogP contribution in [-0.4, -0.2) is 82.1 Å². The lowest BCUT2D eigenvalue weighted by Gasteiger charge is -2.24. The molecule has 1 aromatic heterocycles. The Morgan fingerprint density at radius 2 is 1.57 bits per heavy atom. The number of aromatic amines is 1. The van der Waals surface area contributed by atoms with Gasteiger partial charge in [0.25, 0.3) is 0 Å². The summed E-state index contributed by atoms with van der Waals surface area (Å²) >= 11 is 4.09. The van der Waals surface area contributed by atoms with Gasteiger partial charge in [-0.05, 0) is 24.5 Å². The molecule has 0 aliphatic carbocycles. The second-order valence-electron chi connectivity index (χ2n) is 8.99. The number of aliphatic carboxylic acids is 1. The van der Waals surface area contributed by atoms with Crippen LogP contribution in [0.15, 0.2) is 35.5 Å². The van der Waals surface area contributed by atoms with Crippen LogP contribution in [0.25, 0.3) is 10.9 Å². The van der Waals surface area contributed by atoms with Gasteiger partial charge in [-0.3, -0.25) is 24.2 Å². The Bertz CT molecular complexity index is 1250. The number of amides is 4. The topological polar surface area (TPSA) is 274 Å². The number of carbonyl (C=O) groups excluding carboxylic acids is 4.